The highest BCUT2D eigenvalue weighted by Gasteiger charge is 2.10. The summed E-state index contributed by atoms with van der Waals surface area (Å²) in [6.07, 6.45) is 1.83. The molecular weight excluding hydrogens is 264 g/mol. The van der Waals surface area contributed by atoms with Crippen LogP contribution in [0.5, 0.6) is 5.75 Å². The molecule has 0 amide bonds. The van der Waals surface area contributed by atoms with Gasteiger partial charge in [0.05, 0.1) is 18.9 Å². The second kappa shape index (κ2) is 6.41. The summed E-state index contributed by atoms with van der Waals surface area (Å²) < 4.78 is 5.36. The van der Waals surface area contributed by atoms with Gasteiger partial charge in [-0.1, -0.05) is 12.1 Å². The maximum atomic E-state index is 9.23. The number of rotatable bonds is 3. The summed E-state index contributed by atoms with van der Waals surface area (Å²) in [5, 5.41) is 9.23. The molecule has 1 heterocycles. The standard InChI is InChI=1S/C17H18N2O2/c20-17-7-3-15(4-8-17)18-13-14-1-5-16(6-2-14)19-9-11-21-12-10-19/h1-8,13,20H,9-12H2. The van der Waals surface area contributed by atoms with Crippen LogP contribution < -0.4 is 4.90 Å². The van der Waals surface area contributed by atoms with E-state index in [0.29, 0.717) is 0 Å². The first-order chi connectivity index (χ1) is 10.3. The Kier molecular flexibility index (Phi) is 4.17. The number of morpholine rings is 1. The fraction of sp³-hybridized carbons (Fsp3) is 0.235. The van der Waals surface area contributed by atoms with Crippen LogP contribution in [0, 0.1) is 0 Å². The van der Waals surface area contributed by atoms with Crippen LogP contribution in [0.15, 0.2) is 53.5 Å². The number of benzene rings is 2. The number of aromatic hydroxyl groups is 1. The molecule has 1 aliphatic rings. The van der Waals surface area contributed by atoms with Gasteiger partial charge in [0.25, 0.3) is 0 Å². The van der Waals surface area contributed by atoms with Crippen LogP contribution in [-0.2, 0) is 4.74 Å². The Morgan fingerprint density at radius 2 is 1.62 bits per heavy atom. The molecule has 0 radical (unpaired) electrons. The third-order valence-corrected chi connectivity index (χ3v) is 3.48. The lowest BCUT2D eigenvalue weighted by Crippen LogP contribution is -2.36. The van der Waals surface area contributed by atoms with Gasteiger partial charge in [0, 0.05) is 25.0 Å². The fourth-order valence-corrected chi connectivity index (χ4v) is 2.28. The number of phenols is 1. The van der Waals surface area contributed by atoms with Crippen molar-refractivity contribution in [2.45, 2.75) is 0 Å². The van der Waals surface area contributed by atoms with Gasteiger partial charge in [-0.15, -0.1) is 0 Å². The van der Waals surface area contributed by atoms with Crippen LogP contribution in [-0.4, -0.2) is 37.6 Å². The van der Waals surface area contributed by atoms with E-state index in [2.05, 4.69) is 34.2 Å². The summed E-state index contributed by atoms with van der Waals surface area (Å²) >= 11 is 0. The average Bonchev–Trinajstić information content (AvgIpc) is 2.56. The van der Waals surface area contributed by atoms with E-state index < -0.39 is 0 Å². The molecule has 0 aromatic heterocycles. The van der Waals surface area contributed by atoms with E-state index in [1.807, 2.05) is 6.21 Å². The number of anilines is 1. The van der Waals surface area contributed by atoms with Gasteiger partial charge in [0.2, 0.25) is 0 Å². The summed E-state index contributed by atoms with van der Waals surface area (Å²) in [5.74, 6) is 0.254. The Hall–Kier alpha value is -2.33. The molecule has 4 heteroatoms. The van der Waals surface area contributed by atoms with Gasteiger partial charge in [-0.3, -0.25) is 4.99 Å². The van der Waals surface area contributed by atoms with E-state index in [-0.39, 0.29) is 5.75 Å². The number of hydrogen-bond donors (Lipinski definition) is 1. The summed E-state index contributed by atoms with van der Waals surface area (Å²) in [4.78, 5) is 6.71. The Morgan fingerprint density at radius 3 is 2.29 bits per heavy atom. The van der Waals surface area contributed by atoms with Gasteiger partial charge in [0.1, 0.15) is 5.75 Å². The van der Waals surface area contributed by atoms with E-state index >= 15 is 0 Å². The molecule has 4 nitrogen and oxygen atoms in total. The van der Waals surface area contributed by atoms with Crippen molar-refractivity contribution in [3.05, 3.63) is 54.1 Å². The third kappa shape index (κ3) is 3.61. The summed E-state index contributed by atoms with van der Waals surface area (Å²) in [5.41, 5.74) is 3.10. The average molecular weight is 282 g/mol. The fourth-order valence-electron chi connectivity index (χ4n) is 2.28. The van der Waals surface area contributed by atoms with Gasteiger partial charge >= 0.3 is 0 Å². The molecule has 0 aliphatic carbocycles. The van der Waals surface area contributed by atoms with Crippen molar-refractivity contribution in [1.82, 2.24) is 0 Å². The highest BCUT2D eigenvalue weighted by Crippen LogP contribution is 2.18. The topological polar surface area (TPSA) is 45.1 Å². The van der Waals surface area contributed by atoms with Gasteiger partial charge < -0.3 is 14.7 Å². The molecule has 3 rings (SSSR count). The molecular formula is C17H18N2O2. The Morgan fingerprint density at radius 1 is 0.952 bits per heavy atom. The Bertz CT molecular complexity index is 600. The van der Waals surface area contributed by atoms with Crippen molar-refractivity contribution < 1.29 is 9.84 Å². The second-order valence-corrected chi connectivity index (χ2v) is 4.97. The third-order valence-electron chi connectivity index (χ3n) is 3.48. The summed E-state index contributed by atoms with van der Waals surface area (Å²) in [6, 6.07) is 15.2. The maximum absolute atomic E-state index is 9.23. The van der Waals surface area contributed by atoms with Crippen LogP contribution in [0.25, 0.3) is 0 Å². The number of ether oxygens (including phenoxy) is 1. The summed E-state index contributed by atoms with van der Waals surface area (Å²) in [7, 11) is 0. The van der Waals surface area contributed by atoms with E-state index in [1.54, 1.807) is 24.3 Å². The van der Waals surface area contributed by atoms with Crippen LogP contribution in [0.3, 0.4) is 0 Å². The lowest BCUT2D eigenvalue weighted by Gasteiger charge is -2.28. The lowest BCUT2D eigenvalue weighted by molar-refractivity contribution is 0.122. The number of aliphatic imine (C=N–C) groups is 1. The molecule has 0 unspecified atom stereocenters. The second-order valence-electron chi connectivity index (χ2n) is 4.97. The van der Waals surface area contributed by atoms with Crippen molar-refractivity contribution in [3.8, 4) is 5.75 Å². The SMILES string of the molecule is Oc1ccc(N=Cc2ccc(N3CCOCC3)cc2)cc1. The molecule has 0 bridgehead atoms. The molecule has 0 saturated carbocycles. The molecule has 0 spiro atoms. The van der Waals surface area contributed by atoms with Gasteiger partial charge in [0.15, 0.2) is 0 Å². The van der Waals surface area contributed by atoms with Crippen LogP contribution in [0.2, 0.25) is 0 Å². The lowest BCUT2D eigenvalue weighted by atomic mass is 10.2. The molecule has 1 aliphatic heterocycles. The van der Waals surface area contributed by atoms with E-state index in [9.17, 15) is 5.11 Å². The predicted octanol–water partition coefficient (Wildman–Crippen LogP) is 2.98. The van der Waals surface area contributed by atoms with Crippen LogP contribution in [0.1, 0.15) is 5.56 Å². The van der Waals surface area contributed by atoms with Gasteiger partial charge in [-0.25, -0.2) is 0 Å². The van der Waals surface area contributed by atoms with Crippen LogP contribution >= 0.6 is 0 Å². The first-order valence-corrected chi connectivity index (χ1v) is 7.07. The van der Waals surface area contributed by atoms with E-state index in [1.165, 1.54) is 5.69 Å². The molecule has 2 aromatic carbocycles. The molecule has 0 atom stereocenters. The largest absolute Gasteiger partial charge is 0.508 e. The molecule has 1 fully saturated rings. The van der Waals surface area contributed by atoms with Crippen LogP contribution in [0.4, 0.5) is 11.4 Å². The maximum Gasteiger partial charge on any atom is 0.115 e. The molecule has 21 heavy (non-hydrogen) atoms. The van der Waals surface area contributed by atoms with Crippen molar-refractivity contribution >= 4 is 17.6 Å². The Labute approximate surface area is 124 Å². The van der Waals surface area contributed by atoms with E-state index in [4.69, 9.17) is 4.74 Å². The number of hydrogen-bond acceptors (Lipinski definition) is 4. The van der Waals surface area contributed by atoms with Gasteiger partial charge in [-0.05, 0) is 42.0 Å². The number of nitrogens with zero attached hydrogens (tertiary/aromatic N) is 2. The highest BCUT2D eigenvalue weighted by atomic mass is 16.5. The quantitative estimate of drug-likeness (QED) is 0.880. The normalized spacial score (nSPS) is 15.5. The Balaban J connectivity index is 1.67. The smallest absolute Gasteiger partial charge is 0.115 e. The monoisotopic (exact) mass is 282 g/mol. The first-order valence-electron chi connectivity index (χ1n) is 7.07. The zero-order valence-corrected chi connectivity index (χ0v) is 11.8. The zero-order valence-electron chi connectivity index (χ0n) is 11.8. The molecule has 1 saturated heterocycles. The van der Waals surface area contributed by atoms with Gasteiger partial charge in [-0.2, -0.15) is 0 Å². The molecule has 2 aromatic rings. The minimum atomic E-state index is 0.254. The highest BCUT2D eigenvalue weighted by molar-refractivity contribution is 5.82. The van der Waals surface area contributed by atoms with Crippen molar-refractivity contribution in [1.29, 1.82) is 0 Å². The molecule has 108 valence electrons. The summed E-state index contributed by atoms with van der Waals surface area (Å²) in [6.45, 7) is 3.48. The zero-order chi connectivity index (χ0) is 14.5. The number of phenolic OH excluding ortho intramolecular Hbond substituents is 1. The van der Waals surface area contributed by atoms with Crippen molar-refractivity contribution in [2.75, 3.05) is 31.2 Å². The van der Waals surface area contributed by atoms with E-state index in [0.717, 1.165) is 37.6 Å². The van der Waals surface area contributed by atoms with Crippen molar-refractivity contribution in [3.63, 3.8) is 0 Å². The first kappa shape index (κ1) is 13.6. The van der Waals surface area contributed by atoms with Crippen molar-refractivity contribution in [2.24, 2.45) is 4.99 Å². The minimum absolute atomic E-state index is 0.254. The predicted molar refractivity (Wildman–Crippen MR) is 84.8 cm³/mol. The molecule has 1 N–H and O–H groups in total. The minimum Gasteiger partial charge on any atom is -0.508 e.